The normalized spacial score (nSPS) is 28.9. The summed E-state index contributed by atoms with van der Waals surface area (Å²) < 4.78 is 10.1. The highest BCUT2D eigenvalue weighted by atomic mass is 32.1. The number of ether oxygens (including phenoxy) is 2. The van der Waals surface area contributed by atoms with Crippen molar-refractivity contribution in [2.24, 2.45) is 0 Å². The van der Waals surface area contributed by atoms with E-state index in [4.69, 9.17) is 4.74 Å². The molecule has 0 fully saturated rings. The number of allylic oxidation sites excluding steroid dienone is 2. The maximum Gasteiger partial charge on any atom is 0.379 e. The summed E-state index contributed by atoms with van der Waals surface area (Å²) in [7, 11) is 1.21. The standard InChI is InChI=1S/C15H16O5S/c1-19-14(17)15(18)8-9(12-6-3-7-21-12)13-10(16)4-2-5-11(13)20-15/h3,6-7,9,18H,2,4-5,8H2,1H3/t9-,15?/m0/s1. The molecule has 3 rings (SSSR count). The number of hydrogen-bond acceptors (Lipinski definition) is 6. The molecule has 2 aliphatic rings. The predicted octanol–water partition coefficient (Wildman–Crippen LogP) is 2.12. The fourth-order valence-electron chi connectivity index (χ4n) is 2.97. The maximum absolute atomic E-state index is 12.3. The Hall–Kier alpha value is -1.66. The number of thiophene rings is 1. The van der Waals surface area contributed by atoms with Crippen LogP contribution in [0.5, 0.6) is 0 Å². The second kappa shape index (κ2) is 5.27. The third kappa shape index (κ3) is 2.38. The van der Waals surface area contributed by atoms with E-state index in [-0.39, 0.29) is 18.1 Å². The van der Waals surface area contributed by atoms with E-state index < -0.39 is 11.8 Å². The average Bonchev–Trinajstić information content (AvgIpc) is 2.99. The number of hydrogen-bond donors (Lipinski definition) is 1. The van der Waals surface area contributed by atoms with Gasteiger partial charge in [-0.1, -0.05) is 6.07 Å². The van der Waals surface area contributed by atoms with Crippen molar-refractivity contribution in [1.82, 2.24) is 0 Å². The van der Waals surface area contributed by atoms with E-state index in [1.165, 1.54) is 18.4 Å². The number of esters is 1. The van der Waals surface area contributed by atoms with E-state index in [1.807, 2.05) is 17.5 Å². The van der Waals surface area contributed by atoms with Crippen LogP contribution in [0.15, 0.2) is 28.8 Å². The van der Waals surface area contributed by atoms with Gasteiger partial charge in [-0.25, -0.2) is 4.79 Å². The molecule has 1 unspecified atom stereocenters. The molecule has 5 nitrogen and oxygen atoms in total. The van der Waals surface area contributed by atoms with Gasteiger partial charge in [0.2, 0.25) is 0 Å². The first kappa shape index (κ1) is 14.3. The van der Waals surface area contributed by atoms with Gasteiger partial charge in [0.15, 0.2) is 5.78 Å². The van der Waals surface area contributed by atoms with E-state index in [9.17, 15) is 14.7 Å². The van der Waals surface area contributed by atoms with Crippen LogP contribution < -0.4 is 0 Å². The van der Waals surface area contributed by atoms with Gasteiger partial charge in [0.05, 0.1) is 7.11 Å². The van der Waals surface area contributed by atoms with Crippen molar-refractivity contribution in [1.29, 1.82) is 0 Å². The van der Waals surface area contributed by atoms with E-state index in [0.29, 0.717) is 30.6 Å². The smallest absolute Gasteiger partial charge is 0.379 e. The molecule has 1 aliphatic carbocycles. The maximum atomic E-state index is 12.3. The predicted molar refractivity (Wildman–Crippen MR) is 75.6 cm³/mol. The first-order valence-corrected chi connectivity index (χ1v) is 7.72. The largest absolute Gasteiger partial charge is 0.464 e. The van der Waals surface area contributed by atoms with Gasteiger partial charge in [-0.2, -0.15) is 0 Å². The summed E-state index contributed by atoms with van der Waals surface area (Å²) in [4.78, 5) is 25.1. The Morgan fingerprint density at radius 3 is 3.00 bits per heavy atom. The van der Waals surface area contributed by atoms with Crippen LogP contribution in [0.1, 0.15) is 36.5 Å². The Kier molecular flexibility index (Phi) is 3.59. The summed E-state index contributed by atoms with van der Waals surface area (Å²) in [5.41, 5.74) is 0.609. The van der Waals surface area contributed by atoms with Crippen molar-refractivity contribution in [2.45, 2.75) is 37.4 Å². The quantitative estimate of drug-likeness (QED) is 0.847. The van der Waals surface area contributed by atoms with Crippen molar-refractivity contribution in [3.05, 3.63) is 33.7 Å². The monoisotopic (exact) mass is 308 g/mol. The lowest BCUT2D eigenvalue weighted by Gasteiger charge is -2.38. The molecule has 0 bridgehead atoms. The molecule has 1 aromatic rings. The van der Waals surface area contributed by atoms with Crippen LogP contribution in [0, 0.1) is 0 Å². The van der Waals surface area contributed by atoms with Gasteiger partial charge in [-0.05, 0) is 17.9 Å². The zero-order chi connectivity index (χ0) is 15.0. The first-order valence-electron chi connectivity index (χ1n) is 6.84. The number of carbonyl (C=O) groups is 2. The van der Waals surface area contributed by atoms with Crippen LogP contribution in [0.4, 0.5) is 0 Å². The minimum absolute atomic E-state index is 0.00472. The lowest BCUT2D eigenvalue weighted by molar-refractivity contribution is -0.222. The van der Waals surface area contributed by atoms with Gasteiger partial charge < -0.3 is 14.6 Å². The molecule has 1 aromatic heterocycles. The SMILES string of the molecule is COC(=O)C1(O)C[C@@H](c2cccs2)C2=C(CCCC2=O)O1. The van der Waals surface area contributed by atoms with Crippen LogP contribution in [0.3, 0.4) is 0 Å². The van der Waals surface area contributed by atoms with Crippen LogP contribution in [-0.4, -0.2) is 29.8 Å². The number of Topliss-reactive ketones (excluding diaryl/α,β-unsaturated/α-hetero) is 1. The van der Waals surface area contributed by atoms with Crippen molar-refractivity contribution in [2.75, 3.05) is 7.11 Å². The Morgan fingerprint density at radius 1 is 1.52 bits per heavy atom. The second-order valence-corrected chi connectivity index (χ2v) is 6.24. The number of carbonyl (C=O) groups excluding carboxylic acids is 2. The Labute approximate surface area is 126 Å². The van der Waals surface area contributed by atoms with Gasteiger partial charge in [0, 0.05) is 35.6 Å². The van der Waals surface area contributed by atoms with Crippen LogP contribution in [0.2, 0.25) is 0 Å². The molecule has 2 atom stereocenters. The molecule has 0 aromatic carbocycles. The molecule has 0 saturated heterocycles. The molecule has 1 N–H and O–H groups in total. The van der Waals surface area contributed by atoms with E-state index in [0.717, 1.165) is 4.88 Å². The molecule has 0 spiro atoms. The van der Waals surface area contributed by atoms with E-state index >= 15 is 0 Å². The van der Waals surface area contributed by atoms with Crippen LogP contribution >= 0.6 is 11.3 Å². The zero-order valence-electron chi connectivity index (χ0n) is 11.6. The number of aliphatic hydroxyl groups is 1. The molecule has 6 heteroatoms. The molecule has 0 radical (unpaired) electrons. The average molecular weight is 308 g/mol. The summed E-state index contributed by atoms with van der Waals surface area (Å²) in [5, 5.41) is 12.4. The second-order valence-electron chi connectivity index (χ2n) is 5.26. The number of rotatable bonds is 2. The molecule has 1 aliphatic heterocycles. The van der Waals surface area contributed by atoms with Crippen LogP contribution in [-0.2, 0) is 19.1 Å². The Bertz CT molecular complexity index is 604. The van der Waals surface area contributed by atoms with Crippen molar-refractivity contribution >= 4 is 23.1 Å². The lowest BCUT2D eigenvalue weighted by atomic mass is 9.80. The van der Waals surface area contributed by atoms with Gasteiger partial charge in [-0.3, -0.25) is 4.79 Å². The highest BCUT2D eigenvalue weighted by Gasteiger charge is 2.50. The van der Waals surface area contributed by atoms with Gasteiger partial charge in [0.25, 0.3) is 0 Å². The topological polar surface area (TPSA) is 72.8 Å². The molecular formula is C15H16O5S. The summed E-state index contributed by atoms with van der Waals surface area (Å²) in [6.45, 7) is 0. The minimum atomic E-state index is -2.01. The van der Waals surface area contributed by atoms with E-state index in [1.54, 1.807) is 0 Å². The van der Waals surface area contributed by atoms with Gasteiger partial charge in [-0.15, -0.1) is 11.3 Å². The number of methoxy groups -OCH3 is 1. The highest BCUT2D eigenvalue weighted by molar-refractivity contribution is 7.10. The zero-order valence-corrected chi connectivity index (χ0v) is 12.4. The lowest BCUT2D eigenvalue weighted by Crippen LogP contribution is -2.47. The van der Waals surface area contributed by atoms with Gasteiger partial charge in [0.1, 0.15) is 5.76 Å². The van der Waals surface area contributed by atoms with Crippen molar-refractivity contribution in [3.8, 4) is 0 Å². The minimum Gasteiger partial charge on any atom is -0.464 e. The van der Waals surface area contributed by atoms with Crippen molar-refractivity contribution in [3.63, 3.8) is 0 Å². The molecule has 0 amide bonds. The summed E-state index contributed by atoms with van der Waals surface area (Å²) in [6.07, 6.45) is 1.72. The summed E-state index contributed by atoms with van der Waals surface area (Å²) >= 11 is 1.50. The van der Waals surface area contributed by atoms with Crippen molar-refractivity contribution < 1.29 is 24.2 Å². The molecule has 2 heterocycles. The number of ketones is 1. The van der Waals surface area contributed by atoms with E-state index in [2.05, 4.69) is 4.74 Å². The third-order valence-corrected chi connectivity index (χ3v) is 4.91. The molecule has 21 heavy (non-hydrogen) atoms. The molecular weight excluding hydrogens is 292 g/mol. The fraction of sp³-hybridized carbons (Fsp3) is 0.467. The highest BCUT2D eigenvalue weighted by Crippen LogP contribution is 2.46. The third-order valence-electron chi connectivity index (χ3n) is 3.92. The Morgan fingerprint density at radius 2 is 2.33 bits per heavy atom. The van der Waals surface area contributed by atoms with Gasteiger partial charge >= 0.3 is 11.8 Å². The first-order chi connectivity index (χ1) is 10.0. The Balaban J connectivity index is 2.07. The summed E-state index contributed by atoms with van der Waals surface area (Å²) in [6, 6.07) is 3.80. The molecule has 0 saturated carbocycles. The van der Waals surface area contributed by atoms with Crippen LogP contribution in [0.25, 0.3) is 0 Å². The molecule has 112 valence electrons. The fourth-order valence-corrected chi connectivity index (χ4v) is 3.81. The summed E-state index contributed by atoms with van der Waals surface area (Å²) in [5.74, 6) is -2.68.